The van der Waals surface area contributed by atoms with Gasteiger partial charge in [-0.05, 0) is 36.8 Å². The van der Waals surface area contributed by atoms with Gasteiger partial charge >= 0.3 is 0 Å². The summed E-state index contributed by atoms with van der Waals surface area (Å²) < 4.78 is 37.7. The highest BCUT2D eigenvalue weighted by atomic mass is 32.2. The number of aliphatic imine (C=N–C) groups is 1. The predicted molar refractivity (Wildman–Crippen MR) is 114 cm³/mol. The Balaban J connectivity index is 2.37. The molecule has 2 aromatic carbocycles. The number of rotatable bonds is 10. The van der Waals surface area contributed by atoms with Crippen molar-refractivity contribution in [1.29, 1.82) is 0 Å². The second kappa shape index (κ2) is 10.3. The number of phenols is 1. The van der Waals surface area contributed by atoms with E-state index in [1.54, 1.807) is 32.0 Å². The second-order valence-electron chi connectivity index (χ2n) is 6.25. The molecule has 1 N–H and O–H groups in total. The van der Waals surface area contributed by atoms with Crippen LogP contribution in [-0.2, 0) is 10.0 Å². The zero-order chi connectivity index (χ0) is 21.4. The molecule has 0 unspecified atom stereocenters. The fraction of sp³-hybridized carbons (Fsp3) is 0.381. The summed E-state index contributed by atoms with van der Waals surface area (Å²) >= 11 is 0. The summed E-state index contributed by atoms with van der Waals surface area (Å²) in [6, 6.07) is 9.50. The first-order valence-electron chi connectivity index (χ1n) is 9.55. The van der Waals surface area contributed by atoms with Crippen LogP contribution in [0.5, 0.6) is 17.2 Å². The summed E-state index contributed by atoms with van der Waals surface area (Å²) in [6.07, 6.45) is 2.33. The zero-order valence-electron chi connectivity index (χ0n) is 17.3. The Bertz CT molecular complexity index is 954. The SMILES string of the molecule is CCCOc1ccc(C=Nc2cc(S(=O)(=O)N(CC)CC)ccc2OC)c(O)c1. The van der Waals surface area contributed by atoms with Gasteiger partial charge in [-0.2, -0.15) is 4.31 Å². The molecule has 0 aliphatic carbocycles. The molecule has 158 valence electrons. The largest absolute Gasteiger partial charge is 0.507 e. The van der Waals surface area contributed by atoms with E-state index >= 15 is 0 Å². The van der Waals surface area contributed by atoms with Crippen LogP contribution in [0.1, 0.15) is 32.8 Å². The summed E-state index contributed by atoms with van der Waals surface area (Å²) in [5.41, 5.74) is 0.833. The van der Waals surface area contributed by atoms with Gasteiger partial charge in [0, 0.05) is 30.9 Å². The maximum Gasteiger partial charge on any atom is 0.243 e. The molecule has 0 heterocycles. The molecule has 0 aliphatic rings. The normalized spacial score (nSPS) is 11.9. The topological polar surface area (TPSA) is 88.4 Å². The van der Waals surface area contributed by atoms with Crippen molar-refractivity contribution in [3.63, 3.8) is 0 Å². The number of ether oxygens (including phenoxy) is 2. The van der Waals surface area contributed by atoms with Crippen LogP contribution in [0.4, 0.5) is 5.69 Å². The summed E-state index contributed by atoms with van der Waals surface area (Å²) in [4.78, 5) is 4.49. The molecule has 0 saturated carbocycles. The number of phenolic OH excluding ortho intramolecular Hbond substituents is 1. The quantitative estimate of drug-likeness (QED) is 0.588. The van der Waals surface area contributed by atoms with Gasteiger partial charge in [0.05, 0.1) is 18.6 Å². The van der Waals surface area contributed by atoms with Crippen molar-refractivity contribution in [2.75, 3.05) is 26.8 Å². The lowest BCUT2D eigenvalue weighted by Crippen LogP contribution is -2.30. The van der Waals surface area contributed by atoms with Crippen LogP contribution < -0.4 is 9.47 Å². The minimum absolute atomic E-state index is 0.0215. The Morgan fingerprint density at radius 1 is 1.10 bits per heavy atom. The first kappa shape index (κ1) is 22.7. The molecule has 0 aromatic heterocycles. The number of hydrogen-bond donors (Lipinski definition) is 1. The minimum Gasteiger partial charge on any atom is -0.507 e. The van der Waals surface area contributed by atoms with E-state index in [2.05, 4.69) is 4.99 Å². The van der Waals surface area contributed by atoms with E-state index in [0.717, 1.165) is 6.42 Å². The molecule has 0 saturated heterocycles. The molecular weight excluding hydrogens is 392 g/mol. The van der Waals surface area contributed by atoms with Crippen LogP contribution in [0.2, 0.25) is 0 Å². The van der Waals surface area contributed by atoms with E-state index in [4.69, 9.17) is 9.47 Å². The molecule has 0 atom stereocenters. The van der Waals surface area contributed by atoms with Gasteiger partial charge in [-0.25, -0.2) is 8.42 Å². The Morgan fingerprint density at radius 2 is 1.83 bits per heavy atom. The first-order chi connectivity index (χ1) is 13.9. The van der Waals surface area contributed by atoms with Crippen molar-refractivity contribution in [3.8, 4) is 17.2 Å². The predicted octanol–water partition coefficient (Wildman–Crippen LogP) is 3.97. The zero-order valence-corrected chi connectivity index (χ0v) is 18.1. The minimum atomic E-state index is -3.62. The van der Waals surface area contributed by atoms with Gasteiger partial charge < -0.3 is 14.6 Å². The molecule has 2 rings (SSSR count). The molecule has 0 bridgehead atoms. The number of aromatic hydroxyl groups is 1. The highest BCUT2D eigenvalue weighted by Gasteiger charge is 2.22. The lowest BCUT2D eigenvalue weighted by molar-refractivity contribution is 0.315. The van der Waals surface area contributed by atoms with Crippen molar-refractivity contribution in [3.05, 3.63) is 42.0 Å². The third kappa shape index (κ3) is 5.48. The molecule has 0 radical (unpaired) electrons. The molecule has 0 amide bonds. The lowest BCUT2D eigenvalue weighted by Gasteiger charge is -2.19. The van der Waals surface area contributed by atoms with Crippen molar-refractivity contribution in [2.24, 2.45) is 4.99 Å². The van der Waals surface area contributed by atoms with Crippen molar-refractivity contribution in [1.82, 2.24) is 4.31 Å². The van der Waals surface area contributed by atoms with Gasteiger partial charge in [-0.15, -0.1) is 0 Å². The van der Waals surface area contributed by atoms with E-state index in [1.165, 1.54) is 35.8 Å². The molecule has 0 spiro atoms. The van der Waals surface area contributed by atoms with Crippen LogP contribution in [-0.4, -0.2) is 50.9 Å². The first-order valence-corrected chi connectivity index (χ1v) is 11.0. The molecule has 29 heavy (non-hydrogen) atoms. The highest BCUT2D eigenvalue weighted by Crippen LogP contribution is 2.32. The van der Waals surface area contributed by atoms with Gasteiger partial charge in [-0.1, -0.05) is 20.8 Å². The molecule has 7 nitrogen and oxygen atoms in total. The molecule has 8 heteroatoms. The third-order valence-corrected chi connectivity index (χ3v) is 6.36. The fourth-order valence-electron chi connectivity index (χ4n) is 2.73. The van der Waals surface area contributed by atoms with Crippen LogP contribution in [0.25, 0.3) is 0 Å². The average molecular weight is 421 g/mol. The molecule has 2 aromatic rings. The highest BCUT2D eigenvalue weighted by molar-refractivity contribution is 7.89. The maximum absolute atomic E-state index is 12.8. The van der Waals surface area contributed by atoms with Gasteiger partial charge in [0.25, 0.3) is 0 Å². The monoisotopic (exact) mass is 420 g/mol. The van der Waals surface area contributed by atoms with Gasteiger partial charge in [-0.3, -0.25) is 4.99 Å². The smallest absolute Gasteiger partial charge is 0.243 e. The second-order valence-corrected chi connectivity index (χ2v) is 8.19. The van der Waals surface area contributed by atoms with Gasteiger partial charge in [0.2, 0.25) is 10.0 Å². The maximum atomic E-state index is 12.8. The van der Waals surface area contributed by atoms with Gasteiger partial charge in [0.15, 0.2) is 0 Å². The standard InChI is InChI=1S/C21H28N2O5S/c1-5-12-28-17-9-8-16(20(24)13-17)15-22-19-14-18(10-11-21(19)27-4)29(25,26)23(6-2)7-3/h8-11,13-15,24H,5-7,12H2,1-4H3. The van der Waals surface area contributed by atoms with Gasteiger partial charge in [0.1, 0.15) is 22.9 Å². The lowest BCUT2D eigenvalue weighted by atomic mass is 10.2. The van der Waals surface area contributed by atoms with Crippen molar-refractivity contribution >= 4 is 21.9 Å². The number of hydrogen-bond acceptors (Lipinski definition) is 6. The third-order valence-electron chi connectivity index (χ3n) is 4.31. The summed E-state index contributed by atoms with van der Waals surface area (Å²) in [5, 5.41) is 10.2. The Hall–Kier alpha value is -2.58. The molecule has 0 aliphatic heterocycles. The number of nitrogens with zero attached hydrogens (tertiary/aromatic N) is 2. The fourth-order valence-corrected chi connectivity index (χ4v) is 4.20. The number of methoxy groups -OCH3 is 1. The van der Waals surface area contributed by atoms with E-state index in [-0.39, 0.29) is 10.6 Å². The summed E-state index contributed by atoms with van der Waals surface area (Å²) in [6.45, 7) is 6.91. The Morgan fingerprint density at radius 3 is 2.41 bits per heavy atom. The Labute approximate surface area is 172 Å². The van der Waals surface area contributed by atoms with E-state index < -0.39 is 10.0 Å². The number of sulfonamides is 1. The van der Waals surface area contributed by atoms with E-state index in [0.29, 0.717) is 42.4 Å². The van der Waals surface area contributed by atoms with Crippen molar-refractivity contribution in [2.45, 2.75) is 32.1 Å². The van der Waals surface area contributed by atoms with Crippen LogP contribution >= 0.6 is 0 Å². The van der Waals surface area contributed by atoms with Crippen molar-refractivity contribution < 1.29 is 23.0 Å². The van der Waals surface area contributed by atoms with Crippen LogP contribution in [0.15, 0.2) is 46.3 Å². The number of benzene rings is 2. The van der Waals surface area contributed by atoms with Crippen LogP contribution in [0, 0.1) is 0 Å². The van der Waals surface area contributed by atoms with E-state index in [9.17, 15) is 13.5 Å². The van der Waals surface area contributed by atoms with Crippen LogP contribution in [0.3, 0.4) is 0 Å². The molecule has 0 fully saturated rings. The Kier molecular flexibility index (Phi) is 8.04. The summed E-state index contributed by atoms with van der Waals surface area (Å²) in [7, 11) is -2.13. The van der Waals surface area contributed by atoms with E-state index in [1.807, 2.05) is 6.92 Å². The average Bonchev–Trinajstić information content (AvgIpc) is 2.72. The summed E-state index contributed by atoms with van der Waals surface area (Å²) in [5.74, 6) is 1.03. The molecular formula is C21H28N2O5S.